The van der Waals surface area contributed by atoms with Crippen molar-refractivity contribution in [3.05, 3.63) is 54.4 Å². The van der Waals surface area contributed by atoms with Crippen LogP contribution in [0.3, 0.4) is 0 Å². The monoisotopic (exact) mass is 400 g/mol. The van der Waals surface area contributed by atoms with E-state index in [-0.39, 0.29) is 12.5 Å². The molecule has 0 aliphatic carbocycles. The summed E-state index contributed by atoms with van der Waals surface area (Å²) < 4.78 is 12.2. The number of hydrogen-bond acceptors (Lipinski definition) is 5. The van der Waals surface area contributed by atoms with E-state index in [9.17, 15) is 9.59 Å². The highest BCUT2D eigenvalue weighted by atomic mass is 16.6. The molecule has 0 N–H and O–H groups in total. The van der Waals surface area contributed by atoms with Crippen LogP contribution < -0.4 is 0 Å². The SMILES string of the molecule is CC(C)(C)OC(=O)/N=C(\N(Cc1ccccc1)C(=O)OC(C)(C)C)n1cccn1. The lowest BCUT2D eigenvalue weighted by Crippen LogP contribution is -2.44. The number of aliphatic imine (C=N–C) groups is 1. The van der Waals surface area contributed by atoms with Crippen molar-refractivity contribution in [1.82, 2.24) is 14.7 Å². The Morgan fingerprint density at radius 1 is 1.00 bits per heavy atom. The van der Waals surface area contributed by atoms with Crippen LogP contribution in [0.15, 0.2) is 53.8 Å². The number of benzene rings is 1. The molecule has 1 aromatic heterocycles. The fourth-order valence-corrected chi connectivity index (χ4v) is 2.29. The van der Waals surface area contributed by atoms with Gasteiger partial charge in [0.15, 0.2) is 0 Å². The average Bonchev–Trinajstić information content (AvgIpc) is 3.10. The number of aromatic nitrogens is 2. The Balaban J connectivity index is 2.48. The fourth-order valence-electron chi connectivity index (χ4n) is 2.29. The van der Waals surface area contributed by atoms with E-state index in [0.717, 1.165) is 5.56 Å². The smallest absolute Gasteiger partial charge is 0.437 e. The second-order valence-electron chi connectivity index (χ2n) is 8.39. The summed E-state index contributed by atoms with van der Waals surface area (Å²) in [6.45, 7) is 10.7. The van der Waals surface area contributed by atoms with Crippen LogP contribution in [0.4, 0.5) is 9.59 Å². The molecule has 2 amide bonds. The highest BCUT2D eigenvalue weighted by molar-refractivity contribution is 5.99. The second kappa shape index (κ2) is 8.89. The third-order valence-corrected chi connectivity index (χ3v) is 3.33. The molecule has 2 rings (SSSR count). The summed E-state index contributed by atoms with van der Waals surface area (Å²) in [5.41, 5.74) is -0.624. The summed E-state index contributed by atoms with van der Waals surface area (Å²) >= 11 is 0. The molecular weight excluding hydrogens is 372 g/mol. The maximum atomic E-state index is 13.0. The van der Waals surface area contributed by atoms with Gasteiger partial charge in [0.1, 0.15) is 11.2 Å². The highest BCUT2D eigenvalue weighted by Gasteiger charge is 2.29. The van der Waals surface area contributed by atoms with Gasteiger partial charge in [0, 0.05) is 12.4 Å². The lowest BCUT2D eigenvalue weighted by molar-refractivity contribution is 0.0351. The maximum Gasteiger partial charge on any atom is 0.437 e. The van der Waals surface area contributed by atoms with Gasteiger partial charge >= 0.3 is 12.2 Å². The molecule has 1 heterocycles. The predicted molar refractivity (Wildman–Crippen MR) is 110 cm³/mol. The molecular formula is C21H28N4O4. The fraction of sp³-hybridized carbons (Fsp3) is 0.429. The van der Waals surface area contributed by atoms with Crippen molar-refractivity contribution in [2.24, 2.45) is 4.99 Å². The zero-order chi connectivity index (χ0) is 21.7. The summed E-state index contributed by atoms with van der Waals surface area (Å²) in [4.78, 5) is 30.7. The molecule has 0 spiro atoms. The quantitative estimate of drug-likeness (QED) is 0.549. The van der Waals surface area contributed by atoms with Gasteiger partial charge in [0.2, 0.25) is 5.96 Å². The van der Waals surface area contributed by atoms with Gasteiger partial charge < -0.3 is 9.47 Å². The number of hydrogen-bond donors (Lipinski definition) is 0. The number of carbonyl (C=O) groups excluding carboxylic acids is 2. The van der Waals surface area contributed by atoms with Crippen molar-refractivity contribution in [1.29, 1.82) is 0 Å². The van der Waals surface area contributed by atoms with Crippen LogP contribution in [-0.4, -0.2) is 44.0 Å². The van der Waals surface area contributed by atoms with E-state index < -0.39 is 23.4 Å². The molecule has 0 saturated carbocycles. The first kappa shape index (κ1) is 22.1. The number of ether oxygens (including phenoxy) is 2. The van der Waals surface area contributed by atoms with Crippen molar-refractivity contribution in [2.45, 2.75) is 59.3 Å². The number of nitrogens with zero attached hydrogens (tertiary/aromatic N) is 4. The normalized spacial score (nSPS) is 12.4. The second-order valence-corrected chi connectivity index (χ2v) is 8.39. The zero-order valence-electron chi connectivity index (χ0n) is 17.7. The van der Waals surface area contributed by atoms with Crippen LogP contribution >= 0.6 is 0 Å². The van der Waals surface area contributed by atoms with Gasteiger partial charge in [0.25, 0.3) is 0 Å². The van der Waals surface area contributed by atoms with Crippen LogP contribution in [0.1, 0.15) is 47.1 Å². The zero-order valence-corrected chi connectivity index (χ0v) is 17.7. The van der Waals surface area contributed by atoms with E-state index >= 15 is 0 Å². The molecule has 0 aliphatic heterocycles. The van der Waals surface area contributed by atoms with Gasteiger partial charge in [-0.15, -0.1) is 4.99 Å². The Labute approximate surface area is 171 Å². The molecule has 1 aromatic carbocycles. The van der Waals surface area contributed by atoms with Gasteiger partial charge in [0.05, 0.1) is 6.54 Å². The molecule has 8 heteroatoms. The summed E-state index contributed by atoms with van der Waals surface area (Å²) in [7, 11) is 0. The Morgan fingerprint density at radius 2 is 1.62 bits per heavy atom. The van der Waals surface area contributed by atoms with Crippen LogP contribution in [0.25, 0.3) is 0 Å². The van der Waals surface area contributed by atoms with E-state index in [2.05, 4.69) is 10.1 Å². The van der Waals surface area contributed by atoms with Crippen LogP contribution in [0.5, 0.6) is 0 Å². The predicted octanol–water partition coefficient (Wildman–Crippen LogP) is 4.46. The summed E-state index contributed by atoms with van der Waals surface area (Å²) in [5, 5.41) is 4.14. The first-order chi connectivity index (χ1) is 13.4. The topological polar surface area (TPSA) is 86.0 Å². The molecule has 156 valence electrons. The van der Waals surface area contributed by atoms with Crippen molar-refractivity contribution in [2.75, 3.05) is 0 Å². The number of rotatable bonds is 2. The van der Waals surface area contributed by atoms with Gasteiger partial charge in [-0.1, -0.05) is 30.3 Å². The molecule has 0 radical (unpaired) electrons. The van der Waals surface area contributed by atoms with E-state index in [4.69, 9.17) is 9.47 Å². The lowest BCUT2D eigenvalue weighted by atomic mass is 10.2. The average molecular weight is 400 g/mol. The molecule has 0 aliphatic rings. The Bertz CT molecular complexity index is 847. The minimum absolute atomic E-state index is 0.0117. The third-order valence-electron chi connectivity index (χ3n) is 3.33. The first-order valence-corrected chi connectivity index (χ1v) is 9.31. The number of carbonyl (C=O) groups is 2. The standard InChI is InChI=1S/C21H28N4O4/c1-20(2,3)28-18(26)23-17(25-14-10-13-22-25)24(19(27)29-21(4,5)6)15-16-11-8-7-9-12-16/h7-14H,15H2,1-6H3/b23-17+. The third kappa shape index (κ3) is 7.40. The number of amides is 2. The van der Waals surface area contributed by atoms with Crippen molar-refractivity contribution >= 4 is 18.1 Å². The Kier molecular flexibility index (Phi) is 6.79. The molecule has 0 atom stereocenters. The van der Waals surface area contributed by atoms with Gasteiger partial charge in [-0.25, -0.2) is 19.2 Å². The van der Waals surface area contributed by atoms with Gasteiger partial charge in [-0.3, -0.25) is 0 Å². The molecule has 2 aromatic rings. The molecule has 29 heavy (non-hydrogen) atoms. The minimum Gasteiger partial charge on any atom is -0.443 e. The largest absolute Gasteiger partial charge is 0.443 e. The Hall–Kier alpha value is -3.16. The van der Waals surface area contributed by atoms with Crippen LogP contribution in [0, 0.1) is 0 Å². The van der Waals surface area contributed by atoms with Gasteiger partial charge in [-0.2, -0.15) is 5.10 Å². The van der Waals surface area contributed by atoms with Crippen LogP contribution in [-0.2, 0) is 16.0 Å². The van der Waals surface area contributed by atoms with Crippen molar-refractivity contribution < 1.29 is 19.1 Å². The molecule has 0 bridgehead atoms. The molecule has 0 unspecified atom stereocenters. The van der Waals surface area contributed by atoms with Gasteiger partial charge in [-0.05, 0) is 53.2 Å². The maximum absolute atomic E-state index is 13.0. The molecule has 8 nitrogen and oxygen atoms in total. The lowest BCUT2D eigenvalue weighted by Gasteiger charge is -2.28. The van der Waals surface area contributed by atoms with E-state index in [0.29, 0.717) is 0 Å². The first-order valence-electron chi connectivity index (χ1n) is 9.31. The van der Waals surface area contributed by atoms with Crippen molar-refractivity contribution in [3.8, 4) is 0 Å². The van der Waals surface area contributed by atoms with E-state index in [1.165, 1.54) is 15.8 Å². The molecule has 0 fully saturated rings. The molecule has 0 saturated heterocycles. The summed E-state index contributed by atoms with van der Waals surface area (Å²) in [5.74, 6) is -0.0117. The summed E-state index contributed by atoms with van der Waals surface area (Å²) in [6.07, 6.45) is 1.63. The van der Waals surface area contributed by atoms with E-state index in [1.807, 2.05) is 30.3 Å². The van der Waals surface area contributed by atoms with Crippen molar-refractivity contribution in [3.63, 3.8) is 0 Å². The van der Waals surface area contributed by atoms with E-state index in [1.54, 1.807) is 53.8 Å². The van der Waals surface area contributed by atoms with Crippen LogP contribution in [0.2, 0.25) is 0 Å². The minimum atomic E-state index is -0.829. The Morgan fingerprint density at radius 3 is 2.14 bits per heavy atom. The summed E-state index contributed by atoms with van der Waals surface area (Å²) in [6, 6.07) is 11.0. The highest BCUT2D eigenvalue weighted by Crippen LogP contribution is 2.15.